The van der Waals surface area contributed by atoms with Crippen molar-refractivity contribution < 1.29 is 28.1 Å². The van der Waals surface area contributed by atoms with Gasteiger partial charge in [-0.05, 0) is 42.4 Å². The van der Waals surface area contributed by atoms with Crippen molar-refractivity contribution in [3.63, 3.8) is 0 Å². The van der Waals surface area contributed by atoms with Gasteiger partial charge in [0, 0.05) is 42.9 Å². The molecule has 0 spiro atoms. The Morgan fingerprint density at radius 2 is 2.00 bits per heavy atom. The van der Waals surface area contributed by atoms with Gasteiger partial charge in [0.15, 0.2) is 17.3 Å². The highest BCUT2D eigenvalue weighted by Gasteiger charge is 2.24. The van der Waals surface area contributed by atoms with Crippen LogP contribution < -0.4 is 28.6 Å². The van der Waals surface area contributed by atoms with Crippen molar-refractivity contribution in [2.24, 2.45) is 5.92 Å². The lowest BCUT2D eigenvalue weighted by atomic mass is 9.98. The van der Waals surface area contributed by atoms with Crippen LogP contribution in [0.4, 0.5) is 5.69 Å². The Bertz CT molecular complexity index is 1590. The second-order valence-electron chi connectivity index (χ2n) is 9.38. The van der Waals surface area contributed by atoms with Gasteiger partial charge in [-0.15, -0.1) is 5.10 Å². The average molecular weight is 535 g/mol. The Balaban J connectivity index is 1.11. The number of hydrogen-bond donors (Lipinski definition) is 0. The van der Waals surface area contributed by atoms with Gasteiger partial charge in [0.25, 0.3) is 5.19 Å². The number of ether oxygens (including phenoxy) is 5. The van der Waals surface area contributed by atoms with Gasteiger partial charge in [-0.2, -0.15) is 0 Å². The first kappa shape index (κ1) is 23.0. The second kappa shape index (κ2) is 9.32. The van der Waals surface area contributed by atoms with Crippen molar-refractivity contribution in [3.8, 4) is 39.6 Å². The minimum absolute atomic E-state index is 0.282. The number of aromatic nitrogens is 3. The average Bonchev–Trinajstić information content (AvgIpc) is 3.73. The summed E-state index contributed by atoms with van der Waals surface area (Å²) in [6.45, 7) is 2.79. The van der Waals surface area contributed by atoms with Crippen molar-refractivity contribution >= 4 is 33.0 Å². The van der Waals surface area contributed by atoms with Gasteiger partial charge in [-0.1, -0.05) is 0 Å². The summed E-state index contributed by atoms with van der Waals surface area (Å²) in [6, 6.07) is 11.9. The molecule has 0 radical (unpaired) electrons. The summed E-state index contributed by atoms with van der Waals surface area (Å²) in [7, 11) is 3.23. The van der Waals surface area contributed by atoms with E-state index in [1.54, 1.807) is 18.7 Å². The van der Waals surface area contributed by atoms with Gasteiger partial charge in [-0.3, -0.25) is 0 Å². The van der Waals surface area contributed by atoms with Crippen molar-refractivity contribution in [3.05, 3.63) is 42.6 Å². The molecule has 0 saturated carbocycles. The first-order valence-electron chi connectivity index (χ1n) is 12.5. The van der Waals surface area contributed by atoms with Gasteiger partial charge in [0.05, 0.1) is 32.4 Å². The zero-order valence-electron chi connectivity index (χ0n) is 21.0. The van der Waals surface area contributed by atoms with Gasteiger partial charge >= 0.3 is 0 Å². The van der Waals surface area contributed by atoms with Crippen LogP contribution in [0.25, 0.3) is 27.4 Å². The highest BCUT2D eigenvalue weighted by Crippen LogP contribution is 2.39. The molecule has 1 unspecified atom stereocenters. The van der Waals surface area contributed by atoms with E-state index in [1.807, 2.05) is 30.5 Å². The Morgan fingerprint density at radius 1 is 1.08 bits per heavy atom. The van der Waals surface area contributed by atoms with E-state index in [1.165, 1.54) is 11.3 Å². The third-order valence-electron chi connectivity index (χ3n) is 6.98. The molecule has 2 aliphatic rings. The van der Waals surface area contributed by atoms with Crippen LogP contribution in [0.15, 0.2) is 47.0 Å². The molecular formula is C27H26N4O6S. The van der Waals surface area contributed by atoms with Crippen LogP contribution in [0.5, 0.6) is 28.2 Å². The second-order valence-corrected chi connectivity index (χ2v) is 10.3. The SMILES string of the molecule is COc1cc(OCC2CCCN(c3ccc4c(c3)OCO4)C2)c2cc(-c3cn4nc(OC)sc4n3)oc2c1. The fourth-order valence-corrected chi connectivity index (χ4v) is 5.75. The number of furan rings is 1. The van der Waals surface area contributed by atoms with E-state index in [2.05, 4.69) is 27.1 Å². The van der Waals surface area contributed by atoms with E-state index in [0.29, 0.717) is 40.5 Å². The van der Waals surface area contributed by atoms with Crippen LogP contribution >= 0.6 is 11.3 Å². The molecule has 1 atom stereocenters. The Hall–Kier alpha value is -4.12. The molecule has 1 fully saturated rings. The number of fused-ring (bicyclic) bond motifs is 3. The molecular weight excluding hydrogens is 508 g/mol. The maximum atomic E-state index is 6.42. The zero-order valence-corrected chi connectivity index (χ0v) is 21.8. The van der Waals surface area contributed by atoms with Crippen molar-refractivity contribution in [2.75, 3.05) is 45.6 Å². The van der Waals surface area contributed by atoms with Crippen LogP contribution in [0.1, 0.15) is 12.8 Å². The van der Waals surface area contributed by atoms with Crippen LogP contribution in [0.2, 0.25) is 0 Å². The first-order chi connectivity index (χ1) is 18.7. The Kier molecular flexibility index (Phi) is 5.65. The number of methoxy groups -OCH3 is 2. The molecule has 196 valence electrons. The predicted molar refractivity (Wildman–Crippen MR) is 142 cm³/mol. The van der Waals surface area contributed by atoms with Crippen molar-refractivity contribution in [1.29, 1.82) is 0 Å². The summed E-state index contributed by atoms with van der Waals surface area (Å²) in [4.78, 5) is 7.77. The van der Waals surface area contributed by atoms with Gasteiger partial charge in [-0.25, -0.2) is 9.50 Å². The fourth-order valence-electron chi connectivity index (χ4n) is 5.05. The molecule has 2 aromatic carbocycles. The van der Waals surface area contributed by atoms with Crippen LogP contribution in [0.3, 0.4) is 0 Å². The molecule has 2 aliphatic heterocycles. The maximum Gasteiger partial charge on any atom is 0.294 e. The maximum absolute atomic E-state index is 6.42. The topological polar surface area (TPSA) is 92.7 Å². The number of rotatable bonds is 7. The highest BCUT2D eigenvalue weighted by molar-refractivity contribution is 7.18. The third kappa shape index (κ3) is 4.12. The van der Waals surface area contributed by atoms with Gasteiger partial charge in [0.1, 0.15) is 22.8 Å². The molecule has 0 amide bonds. The fraction of sp³-hybridized carbons (Fsp3) is 0.333. The van der Waals surface area contributed by atoms with Crippen LogP contribution in [-0.4, -0.2) is 55.3 Å². The monoisotopic (exact) mass is 534 g/mol. The lowest BCUT2D eigenvalue weighted by molar-refractivity contribution is 0.174. The van der Waals surface area contributed by atoms with E-state index >= 15 is 0 Å². The lowest BCUT2D eigenvalue weighted by Crippen LogP contribution is -2.37. The largest absolute Gasteiger partial charge is 0.496 e. The van der Waals surface area contributed by atoms with E-state index in [9.17, 15) is 0 Å². The number of benzene rings is 2. The predicted octanol–water partition coefficient (Wildman–Crippen LogP) is 5.25. The zero-order chi connectivity index (χ0) is 25.6. The summed E-state index contributed by atoms with van der Waals surface area (Å²) in [5, 5.41) is 5.79. The summed E-state index contributed by atoms with van der Waals surface area (Å²) in [5.74, 6) is 4.04. The molecule has 0 bridgehead atoms. The molecule has 5 aromatic rings. The molecule has 5 heterocycles. The quantitative estimate of drug-likeness (QED) is 0.278. The van der Waals surface area contributed by atoms with Gasteiger partial charge < -0.3 is 33.0 Å². The van der Waals surface area contributed by atoms with Crippen LogP contribution in [0, 0.1) is 5.92 Å². The number of nitrogens with zero attached hydrogens (tertiary/aromatic N) is 4. The molecule has 7 rings (SSSR count). The van der Waals surface area contributed by atoms with E-state index in [-0.39, 0.29) is 6.79 Å². The van der Waals surface area contributed by atoms with E-state index < -0.39 is 0 Å². The minimum atomic E-state index is 0.282. The number of piperidine rings is 1. The number of anilines is 1. The van der Waals surface area contributed by atoms with Crippen molar-refractivity contribution in [1.82, 2.24) is 14.6 Å². The smallest absolute Gasteiger partial charge is 0.294 e. The standard InChI is InChI=1S/C27H26N4O6S/c1-32-18-9-22(19-11-24(37-23(19)10-18)20-13-31-26(28-20)38-27(29-31)33-2)34-14-16-4-3-7-30(12-16)17-5-6-21-25(8-17)36-15-35-21/h5-6,8-11,13,16H,3-4,7,12,14-15H2,1-2H3. The molecule has 1 saturated heterocycles. The molecule has 11 heteroatoms. The molecule has 10 nitrogen and oxygen atoms in total. The minimum Gasteiger partial charge on any atom is -0.496 e. The molecule has 0 N–H and O–H groups in total. The Labute approximate surface area is 222 Å². The highest BCUT2D eigenvalue weighted by atomic mass is 32.1. The normalized spacial score (nSPS) is 16.9. The first-order valence-corrected chi connectivity index (χ1v) is 13.3. The van der Waals surface area contributed by atoms with Crippen molar-refractivity contribution in [2.45, 2.75) is 12.8 Å². The lowest BCUT2D eigenvalue weighted by Gasteiger charge is -2.34. The molecule has 3 aromatic heterocycles. The summed E-state index contributed by atoms with van der Waals surface area (Å²) >= 11 is 1.37. The summed E-state index contributed by atoms with van der Waals surface area (Å²) in [6.07, 6.45) is 4.03. The number of hydrogen-bond acceptors (Lipinski definition) is 10. The van der Waals surface area contributed by atoms with E-state index in [4.69, 9.17) is 28.1 Å². The number of imidazole rings is 1. The third-order valence-corrected chi connectivity index (χ3v) is 7.86. The van der Waals surface area contributed by atoms with Gasteiger partial charge in [0.2, 0.25) is 11.8 Å². The van der Waals surface area contributed by atoms with E-state index in [0.717, 1.165) is 59.2 Å². The molecule has 0 aliphatic carbocycles. The summed E-state index contributed by atoms with van der Waals surface area (Å²) < 4.78 is 36.1. The Morgan fingerprint density at radius 3 is 2.87 bits per heavy atom. The molecule has 38 heavy (non-hydrogen) atoms. The van der Waals surface area contributed by atoms with Crippen LogP contribution in [-0.2, 0) is 0 Å². The summed E-state index contributed by atoms with van der Waals surface area (Å²) in [5.41, 5.74) is 2.52.